The number of nitrogens with one attached hydrogen (secondary N) is 4. The highest BCUT2D eigenvalue weighted by Crippen LogP contribution is 2.30. The molecule has 2 aromatic carbocycles. The molecule has 1 aromatic heterocycles. The average Bonchev–Trinajstić information content (AvgIpc) is 2.99. The molecule has 1 saturated heterocycles. The third-order valence-corrected chi connectivity index (χ3v) is 8.43. The highest BCUT2D eigenvalue weighted by atomic mass is 16.2. The van der Waals surface area contributed by atoms with Crippen molar-refractivity contribution in [3.63, 3.8) is 0 Å². The van der Waals surface area contributed by atoms with Crippen LogP contribution in [0.25, 0.3) is 5.57 Å². The molecule has 8 nitrogen and oxygen atoms in total. The number of pyridine rings is 1. The van der Waals surface area contributed by atoms with E-state index in [2.05, 4.69) is 45.2 Å². The smallest absolute Gasteiger partial charge is 0.257 e. The van der Waals surface area contributed by atoms with Gasteiger partial charge in [0.05, 0.1) is 5.56 Å². The SMILES string of the molecule is Cc1ccc(C(=O)N2CCC(c3ccc(/C(C=N)=C/NC4CCC4)cc3)CC2)cc1NC(=O)c1ccc(NC(C)C)nc1. The maximum Gasteiger partial charge on any atom is 0.257 e. The van der Waals surface area contributed by atoms with Gasteiger partial charge in [0.15, 0.2) is 0 Å². The van der Waals surface area contributed by atoms with Crippen LogP contribution in [0.4, 0.5) is 11.5 Å². The highest BCUT2D eigenvalue weighted by molar-refractivity contribution is 6.08. The molecule has 2 amide bonds. The molecule has 8 heteroatoms. The van der Waals surface area contributed by atoms with Gasteiger partial charge >= 0.3 is 0 Å². The fourth-order valence-corrected chi connectivity index (χ4v) is 5.53. The van der Waals surface area contributed by atoms with Crippen molar-refractivity contribution in [1.82, 2.24) is 15.2 Å². The number of aryl methyl sites for hydroxylation is 1. The number of aromatic nitrogens is 1. The van der Waals surface area contributed by atoms with E-state index in [0.717, 1.165) is 35.4 Å². The van der Waals surface area contributed by atoms with Crippen molar-refractivity contribution < 1.29 is 9.59 Å². The van der Waals surface area contributed by atoms with Crippen LogP contribution in [-0.2, 0) is 0 Å². The van der Waals surface area contributed by atoms with Crippen molar-refractivity contribution in [3.05, 3.63) is 94.8 Å². The van der Waals surface area contributed by atoms with Crippen LogP contribution in [0, 0.1) is 12.3 Å². The summed E-state index contributed by atoms with van der Waals surface area (Å²) in [7, 11) is 0. The molecule has 4 N–H and O–H groups in total. The predicted molar refractivity (Wildman–Crippen MR) is 174 cm³/mol. The molecule has 2 aliphatic rings. The molecule has 1 saturated carbocycles. The van der Waals surface area contributed by atoms with E-state index in [4.69, 9.17) is 5.41 Å². The zero-order chi connectivity index (χ0) is 30.3. The minimum Gasteiger partial charge on any atom is -0.388 e. The standard InChI is InChI=1S/C35H42N6O2/c1-23(2)39-33-14-13-29(21-38-33)34(42)40-32-19-28(8-7-24(32)3)35(43)41-17-15-27(16-18-41)25-9-11-26(12-10-25)30(20-36)22-37-31-5-4-6-31/h7-14,19-23,27,31,36-37H,4-6,15-18H2,1-3H3,(H,38,39)(H,40,42)/b30-22+,36-20?. The lowest BCUT2D eigenvalue weighted by atomic mass is 9.88. The van der Waals surface area contributed by atoms with Crippen LogP contribution in [0.3, 0.4) is 0 Å². The van der Waals surface area contributed by atoms with Crippen molar-refractivity contribution in [1.29, 1.82) is 5.41 Å². The Bertz CT molecular complexity index is 1470. The number of benzene rings is 2. The Morgan fingerprint density at radius 1 is 0.953 bits per heavy atom. The van der Waals surface area contributed by atoms with E-state index < -0.39 is 0 Å². The molecule has 2 fully saturated rings. The molecule has 5 rings (SSSR count). The molecule has 0 radical (unpaired) electrons. The van der Waals surface area contributed by atoms with Gasteiger partial charge in [-0.1, -0.05) is 30.3 Å². The summed E-state index contributed by atoms with van der Waals surface area (Å²) in [5.74, 6) is 0.829. The summed E-state index contributed by atoms with van der Waals surface area (Å²) in [5, 5.41) is 17.4. The fraction of sp³-hybridized carbons (Fsp3) is 0.371. The van der Waals surface area contributed by atoms with Crippen molar-refractivity contribution in [2.45, 2.75) is 70.9 Å². The number of hydrogen-bond donors (Lipinski definition) is 4. The number of carbonyl (C=O) groups is 2. The van der Waals surface area contributed by atoms with Gasteiger partial charge in [0.25, 0.3) is 11.8 Å². The summed E-state index contributed by atoms with van der Waals surface area (Å²) in [5.41, 5.74) is 5.73. The van der Waals surface area contributed by atoms with Gasteiger partial charge in [0.2, 0.25) is 0 Å². The molecule has 0 spiro atoms. The molecule has 1 aliphatic carbocycles. The largest absolute Gasteiger partial charge is 0.388 e. The molecular formula is C35H42N6O2. The Kier molecular flexibility index (Phi) is 9.55. The third-order valence-electron chi connectivity index (χ3n) is 8.43. The van der Waals surface area contributed by atoms with E-state index in [1.54, 1.807) is 24.4 Å². The fourth-order valence-electron chi connectivity index (χ4n) is 5.53. The molecule has 0 unspecified atom stereocenters. The van der Waals surface area contributed by atoms with Crippen LogP contribution in [0.15, 0.2) is 67.0 Å². The summed E-state index contributed by atoms with van der Waals surface area (Å²) in [6, 6.07) is 18.3. The number of amides is 2. The lowest BCUT2D eigenvalue weighted by Crippen LogP contribution is -2.38. The first-order chi connectivity index (χ1) is 20.8. The van der Waals surface area contributed by atoms with Crippen molar-refractivity contribution in [3.8, 4) is 0 Å². The number of nitrogens with zero attached hydrogens (tertiary/aromatic N) is 2. The summed E-state index contributed by atoms with van der Waals surface area (Å²) >= 11 is 0. The number of hydrogen-bond acceptors (Lipinski definition) is 6. The molecular weight excluding hydrogens is 536 g/mol. The molecule has 224 valence electrons. The summed E-state index contributed by atoms with van der Waals surface area (Å²) < 4.78 is 0. The Labute approximate surface area is 254 Å². The Morgan fingerprint density at radius 3 is 2.26 bits per heavy atom. The zero-order valence-corrected chi connectivity index (χ0v) is 25.3. The maximum atomic E-state index is 13.4. The van der Waals surface area contributed by atoms with E-state index >= 15 is 0 Å². The second-order valence-electron chi connectivity index (χ2n) is 11.9. The van der Waals surface area contributed by atoms with Gasteiger partial charge in [-0.25, -0.2) is 4.98 Å². The Morgan fingerprint density at radius 2 is 1.65 bits per heavy atom. The van der Waals surface area contributed by atoms with E-state index in [1.165, 1.54) is 31.0 Å². The van der Waals surface area contributed by atoms with Crippen LogP contribution >= 0.6 is 0 Å². The molecule has 0 atom stereocenters. The minimum absolute atomic E-state index is 0.0187. The minimum atomic E-state index is -0.263. The second-order valence-corrected chi connectivity index (χ2v) is 11.9. The van der Waals surface area contributed by atoms with Crippen molar-refractivity contribution in [2.24, 2.45) is 0 Å². The molecule has 3 aromatic rings. The van der Waals surface area contributed by atoms with E-state index in [0.29, 0.717) is 41.9 Å². The monoisotopic (exact) mass is 578 g/mol. The van der Waals surface area contributed by atoms with E-state index in [-0.39, 0.29) is 17.9 Å². The Hall–Kier alpha value is -4.46. The average molecular weight is 579 g/mol. The first-order valence-corrected chi connectivity index (χ1v) is 15.3. The highest BCUT2D eigenvalue weighted by Gasteiger charge is 2.25. The number of rotatable bonds is 10. The van der Waals surface area contributed by atoms with Crippen LogP contribution in [0.2, 0.25) is 0 Å². The lowest BCUT2D eigenvalue weighted by molar-refractivity contribution is 0.0712. The molecule has 0 bridgehead atoms. The van der Waals surface area contributed by atoms with Crippen LogP contribution in [-0.4, -0.2) is 53.1 Å². The zero-order valence-electron chi connectivity index (χ0n) is 25.3. The number of piperidine rings is 1. The van der Waals surface area contributed by atoms with Crippen LogP contribution < -0.4 is 16.0 Å². The predicted octanol–water partition coefficient (Wildman–Crippen LogP) is 6.61. The van der Waals surface area contributed by atoms with Gasteiger partial charge in [-0.3, -0.25) is 9.59 Å². The lowest BCUT2D eigenvalue weighted by Gasteiger charge is -2.32. The summed E-state index contributed by atoms with van der Waals surface area (Å²) in [6.07, 6.45) is 10.4. The van der Waals surface area contributed by atoms with E-state index in [1.807, 2.05) is 44.0 Å². The van der Waals surface area contributed by atoms with Gasteiger partial charge in [-0.15, -0.1) is 0 Å². The molecule has 1 aliphatic heterocycles. The third kappa shape index (κ3) is 7.49. The topological polar surface area (TPSA) is 110 Å². The van der Waals surface area contributed by atoms with Gasteiger partial charge in [-0.05, 0) is 99.7 Å². The maximum absolute atomic E-state index is 13.4. The Balaban J connectivity index is 1.17. The van der Waals surface area contributed by atoms with E-state index in [9.17, 15) is 9.59 Å². The van der Waals surface area contributed by atoms with Gasteiger partial charge in [0.1, 0.15) is 5.82 Å². The number of anilines is 2. The molecule has 2 heterocycles. The summed E-state index contributed by atoms with van der Waals surface area (Å²) in [4.78, 5) is 32.6. The number of likely N-dealkylation sites (tertiary alicyclic amines) is 1. The van der Waals surface area contributed by atoms with Crippen molar-refractivity contribution >= 4 is 35.1 Å². The first-order valence-electron chi connectivity index (χ1n) is 15.3. The summed E-state index contributed by atoms with van der Waals surface area (Å²) in [6.45, 7) is 7.34. The van der Waals surface area contributed by atoms with Crippen LogP contribution in [0.5, 0.6) is 0 Å². The molecule has 43 heavy (non-hydrogen) atoms. The van der Waals surface area contributed by atoms with Gasteiger partial charge in [0, 0.05) is 60.6 Å². The normalized spacial score (nSPS) is 16.0. The number of carbonyl (C=O) groups excluding carboxylic acids is 2. The van der Waals surface area contributed by atoms with Crippen molar-refractivity contribution in [2.75, 3.05) is 23.7 Å². The van der Waals surface area contributed by atoms with Crippen LogP contribution in [0.1, 0.15) is 89.3 Å². The van der Waals surface area contributed by atoms with Gasteiger partial charge in [-0.2, -0.15) is 0 Å². The quantitative estimate of drug-likeness (QED) is 0.202. The second kappa shape index (κ2) is 13.7. The first kappa shape index (κ1) is 30.0. The number of allylic oxidation sites excluding steroid dienone is 1. The van der Waals surface area contributed by atoms with Gasteiger partial charge < -0.3 is 26.3 Å².